The maximum atomic E-state index is 12.0. The van der Waals surface area contributed by atoms with Crippen LogP contribution in [0.3, 0.4) is 0 Å². The fraction of sp³-hybridized carbons (Fsp3) is 0.286. The summed E-state index contributed by atoms with van der Waals surface area (Å²) in [6.45, 7) is 0.862. The molecular weight excluding hydrogens is 214 g/mol. The predicted octanol–water partition coefficient (Wildman–Crippen LogP) is 1.95. The lowest BCUT2D eigenvalue weighted by Gasteiger charge is -1.98. The number of allylic oxidation sites excluding steroid dienone is 1. The Kier molecular flexibility index (Phi) is 2.32. The molecule has 0 spiro atoms. The molecule has 0 heterocycles. The van der Waals surface area contributed by atoms with Gasteiger partial charge in [0, 0.05) is 23.9 Å². The van der Waals surface area contributed by atoms with E-state index in [-0.39, 0.29) is 17.1 Å². The molecule has 1 saturated carbocycles. The van der Waals surface area contributed by atoms with E-state index in [4.69, 9.17) is 0 Å². The van der Waals surface area contributed by atoms with Crippen LogP contribution < -0.4 is 5.32 Å². The molecule has 86 valence electrons. The van der Waals surface area contributed by atoms with Crippen molar-refractivity contribution in [3.05, 3.63) is 47.2 Å². The van der Waals surface area contributed by atoms with Gasteiger partial charge in [-0.05, 0) is 18.8 Å². The zero-order chi connectivity index (χ0) is 11.8. The van der Waals surface area contributed by atoms with E-state index >= 15 is 0 Å². The van der Waals surface area contributed by atoms with E-state index in [0.717, 1.165) is 12.5 Å². The third kappa shape index (κ3) is 1.78. The summed E-state index contributed by atoms with van der Waals surface area (Å²) in [5.74, 6) is 0.406. The van der Waals surface area contributed by atoms with Gasteiger partial charge >= 0.3 is 0 Å². The average Bonchev–Trinajstić information content (AvgIpc) is 3.13. The maximum absolute atomic E-state index is 12.0. The summed E-state index contributed by atoms with van der Waals surface area (Å²) in [7, 11) is 0. The molecule has 0 bridgehead atoms. The number of nitrogens with one attached hydrogen (secondary N) is 1. The molecule has 0 atom stereocenters. The monoisotopic (exact) mass is 227 g/mol. The van der Waals surface area contributed by atoms with Crippen LogP contribution in [-0.4, -0.2) is 18.1 Å². The van der Waals surface area contributed by atoms with Gasteiger partial charge in [0.25, 0.3) is 0 Å². The van der Waals surface area contributed by atoms with Crippen LogP contribution >= 0.6 is 0 Å². The minimum absolute atomic E-state index is 0.158. The second-order valence-corrected chi connectivity index (χ2v) is 4.61. The van der Waals surface area contributed by atoms with E-state index in [1.54, 1.807) is 30.5 Å². The van der Waals surface area contributed by atoms with Gasteiger partial charge < -0.3 is 5.32 Å². The summed E-state index contributed by atoms with van der Waals surface area (Å²) in [6.07, 6.45) is 4.08. The van der Waals surface area contributed by atoms with Gasteiger partial charge in [-0.25, -0.2) is 0 Å². The number of fused-ring (bicyclic) bond motifs is 1. The van der Waals surface area contributed by atoms with Crippen molar-refractivity contribution < 1.29 is 9.59 Å². The highest BCUT2D eigenvalue weighted by molar-refractivity contribution is 6.39. The third-order valence-corrected chi connectivity index (χ3v) is 3.26. The Hall–Kier alpha value is -1.90. The molecule has 0 aliphatic heterocycles. The number of carbonyl (C=O) groups excluding carboxylic acids is 2. The van der Waals surface area contributed by atoms with Gasteiger partial charge in [-0.3, -0.25) is 9.59 Å². The Morgan fingerprint density at radius 3 is 2.24 bits per heavy atom. The lowest BCUT2D eigenvalue weighted by atomic mass is 10.1. The van der Waals surface area contributed by atoms with Crippen molar-refractivity contribution in [2.24, 2.45) is 5.92 Å². The Morgan fingerprint density at radius 2 is 1.71 bits per heavy atom. The first-order valence-electron chi connectivity index (χ1n) is 5.89. The van der Waals surface area contributed by atoms with Crippen LogP contribution in [0.4, 0.5) is 0 Å². The van der Waals surface area contributed by atoms with E-state index in [9.17, 15) is 9.59 Å². The second-order valence-electron chi connectivity index (χ2n) is 4.61. The van der Waals surface area contributed by atoms with Crippen LogP contribution in [0.1, 0.15) is 33.6 Å². The molecule has 3 heteroatoms. The van der Waals surface area contributed by atoms with Crippen molar-refractivity contribution in [3.8, 4) is 0 Å². The van der Waals surface area contributed by atoms with Crippen molar-refractivity contribution in [2.75, 3.05) is 6.54 Å². The van der Waals surface area contributed by atoms with Gasteiger partial charge in [0.05, 0.1) is 5.57 Å². The number of benzene rings is 1. The topological polar surface area (TPSA) is 46.2 Å². The van der Waals surface area contributed by atoms with Crippen LogP contribution in [0.5, 0.6) is 0 Å². The number of rotatable bonds is 3. The molecule has 3 rings (SSSR count). The summed E-state index contributed by atoms with van der Waals surface area (Å²) in [4.78, 5) is 23.9. The molecule has 2 aliphatic carbocycles. The van der Waals surface area contributed by atoms with E-state index < -0.39 is 0 Å². The van der Waals surface area contributed by atoms with Crippen LogP contribution in [0.15, 0.2) is 36.0 Å². The van der Waals surface area contributed by atoms with Gasteiger partial charge in [-0.15, -0.1) is 0 Å². The van der Waals surface area contributed by atoms with Crippen molar-refractivity contribution in [2.45, 2.75) is 12.8 Å². The lowest BCUT2D eigenvalue weighted by Crippen LogP contribution is -2.13. The SMILES string of the molecule is O=C1C(=CNCC2CC2)C(=O)c2ccccc21. The van der Waals surface area contributed by atoms with Crippen molar-refractivity contribution in [1.29, 1.82) is 0 Å². The van der Waals surface area contributed by atoms with Gasteiger partial charge in [-0.1, -0.05) is 24.3 Å². The van der Waals surface area contributed by atoms with Gasteiger partial charge in [0.1, 0.15) is 0 Å². The summed E-state index contributed by atoms with van der Waals surface area (Å²) in [6, 6.07) is 6.98. The fourth-order valence-corrected chi connectivity index (χ4v) is 2.05. The second kappa shape index (κ2) is 3.84. The molecule has 0 saturated heterocycles. The molecule has 1 fully saturated rings. The molecule has 0 amide bonds. The largest absolute Gasteiger partial charge is 0.390 e. The van der Waals surface area contributed by atoms with E-state index in [1.807, 2.05) is 0 Å². The predicted molar refractivity (Wildman–Crippen MR) is 63.9 cm³/mol. The summed E-state index contributed by atoms with van der Waals surface area (Å²) in [5.41, 5.74) is 1.32. The number of Topliss-reactive ketones (excluding diaryl/α,β-unsaturated/α-hetero) is 2. The molecule has 1 aromatic rings. The molecule has 1 aromatic carbocycles. The maximum Gasteiger partial charge on any atom is 0.199 e. The number of ketones is 2. The molecule has 0 radical (unpaired) electrons. The van der Waals surface area contributed by atoms with Crippen molar-refractivity contribution in [1.82, 2.24) is 5.32 Å². The van der Waals surface area contributed by atoms with E-state index in [2.05, 4.69) is 5.32 Å². The summed E-state index contributed by atoms with van der Waals surface area (Å²) in [5, 5.41) is 3.08. The fourth-order valence-electron chi connectivity index (χ4n) is 2.05. The standard InChI is InChI=1S/C14H13NO2/c16-13-10-3-1-2-4-11(10)14(17)12(13)8-15-7-9-5-6-9/h1-4,8-9,15H,5-7H2. The zero-order valence-corrected chi connectivity index (χ0v) is 9.40. The van der Waals surface area contributed by atoms with Crippen LogP contribution in [0.2, 0.25) is 0 Å². The summed E-state index contributed by atoms with van der Waals surface area (Å²) < 4.78 is 0. The molecule has 17 heavy (non-hydrogen) atoms. The molecule has 2 aliphatic rings. The van der Waals surface area contributed by atoms with Crippen LogP contribution in [0, 0.1) is 5.92 Å². The number of hydrogen-bond donors (Lipinski definition) is 1. The third-order valence-electron chi connectivity index (χ3n) is 3.26. The Balaban J connectivity index is 1.83. The molecule has 3 nitrogen and oxygen atoms in total. The molecular formula is C14H13NO2. The first-order valence-corrected chi connectivity index (χ1v) is 5.89. The van der Waals surface area contributed by atoms with Crippen molar-refractivity contribution >= 4 is 11.6 Å². The van der Waals surface area contributed by atoms with Crippen LogP contribution in [-0.2, 0) is 0 Å². The van der Waals surface area contributed by atoms with Gasteiger partial charge in [0.15, 0.2) is 11.6 Å². The quantitative estimate of drug-likeness (QED) is 0.634. The Morgan fingerprint density at radius 1 is 1.12 bits per heavy atom. The highest BCUT2D eigenvalue weighted by Crippen LogP contribution is 2.28. The van der Waals surface area contributed by atoms with Gasteiger partial charge in [-0.2, -0.15) is 0 Å². The highest BCUT2D eigenvalue weighted by atomic mass is 16.2. The first kappa shape index (κ1) is 10.3. The lowest BCUT2D eigenvalue weighted by molar-refractivity contribution is 0.0988. The van der Waals surface area contributed by atoms with E-state index in [1.165, 1.54) is 12.8 Å². The average molecular weight is 227 g/mol. The minimum Gasteiger partial charge on any atom is -0.390 e. The van der Waals surface area contributed by atoms with E-state index in [0.29, 0.717) is 11.1 Å². The first-order chi connectivity index (χ1) is 8.27. The van der Waals surface area contributed by atoms with Crippen molar-refractivity contribution in [3.63, 3.8) is 0 Å². The Bertz CT molecular complexity index is 490. The minimum atomic E-state index is -0.158. The highest BCUT2D eigenvalue weighted by Gasteiger charge is 2.32. The number of carbonyl (C=O) groups is 2. The van der Waals surface area contributed by atoms with Gasteiger partial charge in [0.2, 0.25) is 0 Å². The molecule has 0 unspecified atom stereocenters. The normalized spacial score (nSPS) is 18.2. The summed E-state index contributed by atoms with van der Waals surface area (Å²) >= 11 is 0. The molecule has 1 N–H and O–H groups in total. The smallest absolute Gasteiger partial charge is 0.199 e. The Labute approximate surface area is 99.5 Å². The number of hydrogen-bond acceptors (Lipinski definition) is 3. The molecule has 0 aromatic heterocycles. The zero-order valence-electron chi connectivity index (χ0n) is 9.40. The van der Waals surface area contributed by atoms with Crippen LogP contribution in [0.25, 0.3) is 0 Å².